The fraction of sp³-hybridized carbons (Fsp3) is 0.517. The lowest BCUT2D eigenvalue weighted by atomic mass is 9.90. The highest BCUT2D eigenvalue weighted by molar-refractivity contribution is 5.87. The van der Waals surface area contributed by atoms with E-state index in [-0.39, 0.29) is 0 Å². The summed E-state index contributed by atoms with van der Waals surface area (Å²) in [5, 5.41) is 19.6. The molecule has 1 saturated carbocycles. The number of hydrogen-bond donors (Lipinski definition) is 2. The summed E-state index contributed by atoms with van der Waals surface area (Å²) in [6.07, 6.45) is 14.1. The number of ether oxygens (including phenoxy) is 1. The number of aliphatic hydroxyl groups is 1. The Morgan fingerprint density at radius 2 is 1.79 bits per heavy atom. The minimum Gasteiger partial charge on any atom is -0.491 e. The van der Waals surface area contributed by atoms with Crippen molar-refractivity contribution in [2.75, 3.05) is 26.1 Å². The van der Waals surface area contributed by atoms with Gasteiger partial charge in [-0.25, -0.2) is 0 Å². The number of hydrogen-bond acceptors (Lipinski definition) is 5. The largest absolute Gasteiger partial charge is 0.491 e. The number of benzene rings is 1. The van der Waals surface area contributed by atoms with E-state index in [0.717, 1.165) is 58.7 Å². The summed E-state index contributed by atoms with van der Waals surface area (Å²) in [4.78, 5) is 4.37. The van der Waals surface area contributed by atoms with Crippen LogP contribution in [0.1, 0.15) is 87.1 Å². The van der Waals surface area contributed by atoms with Gasteiger partial charge in [0.25, 0.3) is 0 Å². The zero-order chi connectivity index (χ0) is 25.5. The van der Waals surface area contributed by atoms with Crippen molar-refractivity contribution in [2.24, 2.45) is 5.92 Å². The Morgan fingerprint density at radius 3 is 2.29 bits per heavy atom. The predicted molar refractivity (Wildman–Crippen MR) is 143 cm³/mol. The topological polar surface area (TPSA) is 78.2 Å². The Bertz CT molecular complexity index is 955. The molecule has 0 unspecified atom stereocenters. The number of rotatable bonds is 6. The lowest BCUT2D eigenvalue weighted by Gasteiger charge is -2.18. The van der Waals surface area contributed by atoms with Crippen LogP contribution in [0.3, 0.4) is 0 Å². The van der Waals surface area contributed by atoms with Crippen molar-refractivity contribution in [1.29, 1.82) is 5.26 Å². The van der Waals surface area contributed by atoms with Crippen molar-refractivity contribution >= 4 is 11.3 Å². The van der Waals surface area contributed by atoms with E-state index in [4.69, 9.17) is 9.84 Å². The van der Waals surface area contributed by atoms with Gasteiger partial charge in [0.05, 0.1) is 30.1 Å². The molecule has 0 aliphatic heterocycles. The smallest absolute Gasteiger partial charge is 0.153 e. The van der Waals surface area contributed by atoms with Gasteiger partial charge in [-0.1, -0.05) is 58.1 Å². The maximum Gasteiger partial charge on any atom is 0.153 e. The molecule has 3 rings (SSSR count). The van der Waals surface area contributed by atoms with Crippen molar-refractivity contribution in [3.05, 3.63) is 58.4 Å². The number of anilines is 1. The third kappa shape index (κ3) is 8.18. The van der Waals surface area contributed by atoms with E-state index in [2.05, 4.69) is 49.3 Å². The lowest BCUT2D eigenvalue weighted by molar-refractivity contribution is 0.340. The van der Waals surface area contributed by atoms with Crippen LogP contribution >= 0.6 is 0 Å². The third-order valence-corrected chi connectivity index (χ3v) is 6.03. The number of pyridine rings is 1. The van der Waals surface area contributed by atoms with Crippen LogP contribution in [-0.4, -0.2) is 30.9 Å². The van der Waals surface area contributed by atoms with Crippen molar-refractivity contribution < 1.29 is 9.84 Å². The van der Waals surface area contributed by atoms with Crippen LogP contribution in [0.25, 0.3) is 5.57 Å². The lowest BCUT2D eigenvalue weighted by Crippen LogP contribution is -2.04. The Morgan fingerprint density at radius 1 is 1.12 bits per heavy atom. The second-order valence-corrected chi connectivity index (χ2v) is 8.61. The Labute approximate surface area is 206 Å². The highest BCUT2D eigenvalue weighted by Crippen LogP contribution is 2.37. The molecule has 34 heavy (non-hydrogen) atoms. The van der Waals surface area contributed by atoms with Gasteiger partial charge in [0.2, 0.25) is 0 Å². The van der Waals surface area contributed by atoms with E-state index >= 15 is 0 Å². The zero-order valence-electron chi connectivity index (χ0n) is 22.2. The van der Waals surface area contributed by atoms with Crippen LogP contribution in [0.5, 0.6) is 5.75 Å². The van der Waals surface area contributed by atoms with Crippen LogP contribution in [-0.2, 0) is 0 Å². The van der Waals surface area contributed by atoms with E-state index < -0.39 is 0 Å². The first-order chi connectivity index (χ1) is 16.5. The molecular weight excluding hydrogens is 422 g/mol. The van der Waals surface area contributed by atoms with Gasteiger partial charge in [-0.3, -0.25) is 4.98 Å². The molecule has 0 bridgehead atoms. The van der Waals surface area contributed by atoms with E-state index in [1.54, 1.807) is 6.20 Å². The summed E-state index contributed by atoms with van der Waals surface area (Å²) in [6.45, 7) is 11.0. The maximum absolute atomic E-state index is 9.42. The van der Waals surface area contributed by atoms with Gasteiger partial charge in [-0.15, -0.1) is 0 Å². The van der Waals surface area contributed by atoms with Crippen LogP contribution in [0.15, 0.2) is 30.6 Å². The second-order valence-electron chi connectivity index (χ2n) is 8.61. The van der Waals surface area contributed by atoms with E-state index in [0.29, 0.717) is 12.2 Å². The fourth-order valence-corrected chi connectivity index (χ4v) is 4.26. The number of nitrogens with one attached hydrogen (secondary N) is 1. The fourth-order valence-electron chi connectivity index (χ4n) is 4.26. The van der Waals surface area contributed by atoms with Gasteiger partial charge in [-0.2, -0.15) is 5.26 Å². The van der Waals surface area contributed by atoms with E-state index in [1.165, 1.54) is 32.1 Å². The molecule has 0 radical (unpaired) electrons. The molecule has 2 N–H and O–H groups in total. The van der Waals surface area contributed by atoms with Crippen LogP contribution in [0.4, 0.5) is 5.69 Å². The molecular formula is C29H43N3O2. The number of nitriles is 1. The average Bonchev–Trinajstić information content (AvgIpc) is 2.85. The Hall–Kier alpha value is -2.84. The highest BCUT2D eigenvalue weighted by Gasteiger charge is 2.17. The normalized spacial score (nSPS) is 13.6. The first kappa shape index (κ1) is 29.2. The Balaban J connectivity index is 0.000000540. The molecule has 1 aromatic heterocycles. The first-order valence-corrected chi connectivity index (χ1v) is 12.4. The molecule has 1 aliphatic carbocycles. The van der Waals surface area contributed by atoms with Crippen molar-refractivity contribution in [1.82, 2.24) is 4.98 Å². The average molecular weight is 466 g/mol. The summed E-state index contributed by atoms with van der Waals surface area (Å²) < 4.78 is 5.92. The van der Waals surface area contributed by atoms with Gasteiger partial charge in [0.15, 0.2) is 5.75 Å². The molecule has 0 amide bonds. The monoisotopic (exact) mass is 465 g/mol. The second kappa shape index (κ2) is 15.9. The molecule has 5 heteroatoms. The van der Waals surface area contributed by atoms with Crippen LogP contribution in [0, 0.1) is 31.1 Å². The molecule has 1 aromatic carbocycles. The molecule has 2 aromatic rings. The van der Waals surface area contributed by atoms with Gasteiger partial charge >= 0.3 is 0 Å². The number of aryl methyl sites for hydroxylation is 2. The minimum absolute atomic E-state index is 0.571. The number of nitrogens with zero attached hydrogens (tertiary/aromatic N) is 2. The molecule has 0 spiro atoms. The van der Waals surface area contributed by atoms with Gasteiger partial charge in [0, 0.05) is 25.9 Å². The zero-order valence-corrected chi connectivity index (χ0v) is 22.2. The quantitative estimate of drug-likeness (QED) is 0.478. The predicted octanol–water partition coefficient (Wildman–Crippen LogP) is 7.05. The summed E-state index contributed by atoms with van der Waals surface area (Å²) in [7, 11) is 2.86. The third-order valence-electron chi connectivity index (χ3n) is 6.03. The number of allylic oxidation sites excluding steroid dienone is 1. The van der Waals surface area contributed by atoms with Crippen molar-refractivity contribution in [3.63, 3.8) is 0 Å². The molecule has 0 saturated heterocycles. The number of aromatic nitrogens is 1. The summed E-state index contributed by atoms with van der Waals surface area (Å²) in [5.41, 5.74) is 6.70. The van der Waals surface area contributed by atoms with Gasteiger partial charge in [0.1, 0.15) is 0 Å². The molecule has 186 valence electrons. The molecule has 1 fully saturated rings. The Kier molecular flexibility index (Phi) is 13.7. The highest BCUT2D eigenvalue weighted by atomic mass is 16.5. The SMILES string of the molecule is CC/C=C(\c1cc(C#N)c(C)cc1C)c1cncc(NC)c1OCC.CC1CCCCC1.CO. The molecule has 1 aliphatic rings. The van der Waals surface area contributed by atoms with Crippen LogP contribution in [0.2, 0.25) is 0 Å². The minimum atomic E-state index is 0.571. The van der Waals surface area contributed by atoms with Gasteiger partial charge in [-0.05, 0) is 61.4 Å². The van der Waals surface area contributed by atoms with Gasteiger partial charge < -0.3 is 15.2 Å². The van der Waals surface area contributed by atoms with Crippen LogP contribution < -0.4 is 10.1 Å². The van der Waals surface area contributed by atoms with Crippen molar-refractivity contribution in [3.8, 4) is 11.8 Å². The molecule has 0 atom stereocenters. The summed E-state index contributed by atoms with van der Waals surface area (Å²) in [6, 6.07) is 6.32. The summed E-state index contributed by atoms with van der Waals surface area (Å²) >= 11 is 0. The standard InChI is InChI=1S/C21H25N3O.C7H14.CH4O/c1-6-8-17(18-10-16(11-22)14(3)9-15(18)4)19-12-24-13-20(23-5)21(19)25-7-2;1-7-5-3-2-4-6-7;1-2/h8-10,12-13,23H,6-7H2,1-5H3;7H,2-6H2,1H3;2H,1H3/b17-8+;;. The van der Waals surface area contributed by atoms with E-state index in [1.807, 2.05) is 33.2 Å². The summed E-state index contributed by atoms with van der Waals surface area (Å²) in [5.74, 6) is 1.83. The van der Waals surface area contributed by atoms with Crippen molar-refractivity contribution in [2.45, 2.75) is 73.1 Å². The molecule has 5 nitrogen and oxygen atoms in total. The maximum atomic E-state index is 9.42. The van der Waals surface area contributed by atoms with E-state index in [9.17, 15) is 5.26 Å². The number of aliphatic hydroxyl groups excluding tert-OH is 1. The molecule has 1 heterocycles. The first-order valence-electron chi connectivity index (χ1n) is 12.4.